The van der Waals surface area contributed by atoms with Crippen molar-refractivity contribution in [1.29, 1.82) is 0 Å². The van der Waals surface area contributed by atoms with Crippen LogP contribution in [-0.2, 0) is 4.79 Å². The maximum Gasteiger partial charge on any atom is 0.315 e. The van der Waals surface area contributed by atoms with E-state index in [1.54, 1.807) is 11.8 Å². The summed E-state index contributed by atoms with van der Waals surface area (Å²) in [6.07, 6.45) is 0. The van der Waals surface area contributed by atoms with E-state index in [-0.39, 0.29) is 0 Å². The molecule has 1 heterocycles. The van der Waals surface area contributed by atoms with Gasteiger partial charge in [-0.25, -0.2) is 0 Å². The van der Waals surface area contributed by atoms with Crippen molar-refractivity contribution in [3.63, 3.8) is 0 Å². The number of halogens is 1. The summed E-state index contributed by atoms with van der Waals surface area (Å²) in [5.74, 6) is -1.36. The van der Waals surface area contributed by atoms with Crippen molar-refractivity contribution in [3.05, 3.63) is 58.1 Å². The summed E-state index contributed by atoms with van der Waals surface area (Å²) in [5, 5.41) is 9.48. The van der Waals surface area contributed by atoms with Crippen LogP contribution in [0.1, 0.15) is 17.0 Å². The minimum Gasteiger partial charge on any atom is -0.481 e. The van der Waals surface area contributed by atoms with E-state index < -0.39 is 11.9 Å². The first kappa shape index (κ1) is 11.8. The van der Waals surface area contributed by atoms with E-state index in [1.165, 1.54) is 0 Å². The summed E-state index contributed by atoms with van der Waals surface area (Å²) in [4.78, 5) is 13.6. The van der Waals surface area contributed by atoms with Gasteiger partial charge in [0.05, 0.1) is 0 Å². The molecule has 1 aliphatic heterocycles. The zero-order chi connectivity index (χ0) is 12.7. The molecule has 18 heavy (non-hydrogen) atoms. The highest BCUT2D eigenvalue weighted by Gasteiger charge is 2.31. The summed E-state index contributed by atoms with van der Waals surface area (Å²) in [7, 11) is 0. The van der Waals surface area contributed by atoms with Gasteiger partial charge in [0.1, 0.15) is 5.92 Å². The van der Waals surface area contributed by atoms with Gasteiger partial charge >= 0.3 is 5.97 Å². The lowest BCUT2D eigenvalue weighted by atomic mass is 9.91. The molecular weight excluding hydrogens is 312 g/mol. The van der Waals surface area contributed by atoms with Crippen LogP contribution < -0.4 is 0 Å². The smallest absolute Gasteiger partial charge is 0.315 e. The summed E-state index contributed by atoms with van der Waals surface area (Å²) in [6.45, 7) is 0. The molecule has 0 radical (unpaired) electrons. The molecule has 2 aromatic carbocycles. The Hall–Kier alpha value is -1.26. The Balaban J connectivity index is 2.23. The third-order valence-electron chi connectivity index (χ3n) is 2.98. The number of carboxylic acid groups (broad SMARTS) is 1. The van der Waals surface area contributed by atoms with Crippen molar-refractivity contribution in [1.82, 2.24) is 0 Å². The topological polar surface area (TPSA) is 37.3 Å². The van der Waals surface area contributed by atoms with E-state index >= 15 is 0 Å². The molecule has 0 aliphatic carbocycles. The Labute approximate surface area is 117 Å². The SMILES string of the molecule is O=C(O)C1c2ccccc2Sc2cc(Br)ccc21. The van der Waals surface area contributed by atoms with Crippen molar-refractivity contribution >= 4 is 33.7 Å². The van der Waals surface area contributed by atoms with Crippen LogP contribution in [0.3, 0.4) is 0 Å². The average Bonchev–Trinajstić information content (AvgIpc) is 2.35. The monoisotopic (exact) mass is 320 g/mol. The summed E-state index contributed by atoms with van der Waals surface area (Å²) >= 11 is 5.05. The highest BCUT2D eigenvalue weighted by molar-refractivity contribution is 9.10. The third-order valence-corrected chi connectivity index (χ3v) is 4.64. The molecule has 0 saturated carbocycles. The predicted octanol–water partition coefficient (Wildman–Crippen LogP) is 4.13. The third kappa shape index (κ3) is 1.85. The lowest BCUT2D eigenvalue weighted by Gasteiger charge is -2.25. The molecule has 0 aromatic heterocycles. The van der Waals surface area contributed by atoms with Crippen LogP contribution in [0, 0.1) is 0 Å². The Bertz CT molecular complexity index is 639. The lowest BCUT2D eigenvalue weighted by molar-refractivity contribution is -0.137. The number of fused-ring (bicyclic) bond motifs is 2. The number of carboxylic acids is 1. The van der Waals surface area contributed by atoms with Gasteiger partial charge in [-0.05, 0) is 29.3 Å². The molecule has 0 saturated heterocycles. The van der Waals surface area contributed by atoms with Crippen molar-refractivity contribution < 1.29 is 9.90 Å². The van der Waals surface area contributed by atoms with E-state index in [0.29, 0.717) is 0 Å². The molecule has 1 unspecified atom stereocenters. The number of carbonyl (C=O) groups is 1. The van der Waals surface area contributed by atoms with Crippen LogP contribution >= 0.6 is 27.7 Å². The summed E-state index contributed by atoms with van der Waals surface area (Å²) in [5.41, 5.74) is 1.75. The fourth-order valence-corrected chi connectivity index (χ4v) is 3.89. The van der Waals surface area contributed by atoms with Gasteiger partial charge in [-0.2, -0.15) is 0 Å². The standard InChI is InChI=1S/C14H9BrO2S/c15-8-5-6-10-12(7-8)18-11-4-2-1-3-9(11)13(10)14(16)17/h1-7,13H,(H,16,17). The van der Waals surface area contributed by atoms with Crippen LogP contribution in [0.5, 0.6) is 0 Å². The minimum absolute atomic E-state index is 0.564. The van der Waals surface area contributed by atoms with Crippen LogP contribution in [0.4, 0.5) is 0 Å². The molecule has 1 aliphatic rings. The van der Waals surface area contributed by atoms with E-state index in [4.69, 9.17) is 0 Å². The van der Waals surface area contributed by atoms with Gasteiger partial charge in [0.2, 0.25) is 0 Å². The molecule has 0 amide bonds. The number of aliphatic carboxylic acids is 1. The second kappa shape index (κ2) is 4.44. The molecule has 0 bridgehead atoms. The second-order valence-corrected chi connectivity index (χ2v) is 6.09. The van der Waals surface area contributed by atoms with Gasteiger partial charge in [0.25, 0.3) is 0 Å². The molecule has 0 spiro atoms. The molecule has 0 fully saturated rings. The fraction of sp³-hybridized carbons (Fsp3) is 0.0714. The zero-order valence-electron chi connectivity index (χ0n) is 9.26. The van der Waals surface area contributed by atoms with Gasteiger partial charge in [-0.3, -0.25) is 4.79 Å². The Morgan fingerprint density at radius 1 is 1.11 bits per heavy atom. The quantitative estimate of drug-likeness (QED) is 0.858. The molecule has 1 N–H and O–H groups in total. The van der Waals surface area contributed by atoms with Crippen LogP contribution in [0.15, 0.2) is 56.7 Å². The largest absolute Gasteiger partial charge is 0.481 e. The van der Waals surface area contributed by atoms with Crippen LogP contribution in [0.2, 0.25) is 0 Å². The summed E-state index contributed by atoms with van der Waals surface area (Å²) < 4.78 is 0.970. The molecular formula is C14H9BrO2S. The number of hydrogen-bond donors (Lipinski definition) is 1. The van der Waals surface area contributed by atoms with Crippen LogP contribution in [0.25, 0.3) is 0 Å². The minimum atomic E-state index is -0.800. The van der Waals surface area contributed by atoms with E-state index in [9.17, 15) is 9.90 Å². The molecule has 3 rings (SSSR count). The number of rotatable bonds is 1. The maximum absolute atomic E-state index is 11.5. The highest BCUT2D eigenvalue weighted by Crippen LogP contribution is 2.46. The van der Waals surface area contributed by atoms with Gasteiger partial charge in [0.15, 0.2) is 0 Å². The first-order valence-corrected chi connectivity index (χ1v) is 7.07. The van der Waals surface area contributed by atoms with Crippen LogP contribution in [-0.4, -0.2) is 11.1 Å². The molecule has 1 atom stereocenters. The first-order valence-electron chi connectivity index (χ1n) is 5.46. The normalized spacial score (nSPS) is 16.8. The fourth-order valence-electron chi connectivity index (χ4n) is 2.20. The first-order chi connectivity index (χ1) is 8.66. The van der Waals surface area contributed by atoms with Gasteiger partial charge in [-0.1, -0.05) is 52.0 Å². The average molecular weight is 321 g/mol. The summed E-state index contributed by atoms with van der Waals surface area (Å²) in [6, 6.07) is 13.5. The number of hydrogen-bond acceptors (Lipinski definition) is 2. The predicted molar refractivity (Wildman–Crippen MR) is 74.2 cm³/mol. The van der Waals surface area contributed by atoms with Crippen molar-refractivity contribution in [2.24, 2.45) is 0 Å². The zero-order valence-corrected chi connectivity index (χ0v) is 11.7. The van der Waals surface area contributed by atoms with E-state index in [1.807, 2.05) is 42.5 Å². The molecule has 4 heteroatoms. The molecule has 2 nitrogen and oxygen atoms in total. The lowest BCUT2D eigenvalue weighted by Crippen LogP contribution is -2.17. The Kier molecular flexibility index (Phi) is 2.92. The van der Waals surface area contributed by atoms with Crippen molar-refractivity contribution in [2.75, 3.05) is 0 Å². The van der Waals surface area contributed by atoms with Crippen molar-refractivity contribution in [3.8, 4) is 0 Å². The van der Waals surface area contributed by atoms with Gasteiger partial charge in [-0.15, -0.1) is 0 Å². The highest BCUT2D eigenvalue weighted by atomic mass is 79.9. The second-order valence-electron chi connectivity index (χ2n) is 4.09. The molecule has 90 valence electrons. The van der Waals surface area contributed by atoms with E-state index in [2.05, 4.69) is 15.9 Å². The van der Waals surface area contributed by atoms with Gasteiger partial charge in [0, 0.05) is 14.3 Å². The van der Waals surface area contributed by atoms with Gasteiger partial charge < -0.3 is 5.11 Å². The van der Waals surface area contributed by atoms with Crippen molar-refractivity contribution in [2.45, 2.75) is 15.7 Å². The Morgan fingerprint density at radius 3 is 2.61 bits per heavy atom. The molecule has 2 aromatic rings. The van der Waals surface area contributed by atoms with E-state index in [0.717, 1.165) is 25.4 Å². The number of benzene rings is 2. The Morgan fingerprint density at radius 2 is 1.83 bits per heavy atom. The maximum atomic E-state index is 11.5.